The minimum absolute atomic E-state index is 0.0250. The van der Waals surface area contributed by atoms with E-state index in [0.29, 0.717) is 12.3 Å². The van der Waals surface area contributed by atoms with Gasteiger partial charge in [0.2, 0.25) is 5.88 Å². The van der Waals surface area contributed by atoms with Crippen molar-refractivity contribution < 1.29 is 27.1 Å². The van der Waals surface area contributed by atoms with Gasteiger partial charge in [-0.2, -0.15) is 0 Å². The summed E-state index contributed by atoms with van der Waals surface area (Å²) in [5, 5.41) is 0. The zero-order valence-electron chi connectivity index (χ0n) is 6.51. The molecule has 0 atom stereocenters. The number of alkyl halides is 3. The SMILES string of the molecule is O=Cc1cc(F)cnc1OC(F)(F)F. The number of carbonyl (C=O) groups is 1. The van der Waals surface area contributed by atoms with E-state index in [1.54, 1.807) is 0 Å². The van der Waals surface area contributed by atoms with Gasteiger partial charge in [0.05, 0.1) is 11.8 Å². The van der Waals surface area contributed by atoms with E-state index in [-0.39, 0.29) is 6.29 Å². The van der Waals surface area contributed by atoms with Crippen LogP contribution in [0.4, 0.5) is 17.6 Å². The van der Waals surface area contributed by atoms with Crippen LogP contribution in [-0.4, -0.2) is 17.6 Å². The van der Waals surface area contributed by atoms with Crippen molar-refractivity contribution in [3.63, 3.8) is 0 Å². The number of pyridine rings is 1. The number of aldehydes is 1. The minimum atomic E-state index is -4.96. The third-order valence-electron chi connectivity index (χ3n) is 1.18. The van der Waals surface area contributed by atoms with Gasteiger partial charge in [0.15, 0.2) is 6.29 Å². The molecule has 3 nitrogen and oxygen atoms in total. The predicted octanol–water partition coefficient (Wildman–Crippen LogP) is 1.93. The Morgan fingerprint density at radius 2 is 2.07 bits per heavy atom. The van der Waals surface area contributed by atoms with Gasteiger partial charge in [0, 0.05) is 0 Å². The van der Waals surface area contributed by atoms with Gasteiger partial charge in [-0.1, -0.05) is 0 Å². The minimum Gasteiger partial charge on any atom is -0.387 e. The van der Waals surface area contributed by atoms with Crippen molar-refractivity contribution in [2.75, 3.05) is 0 Å². The molecule has 0 aliphatic carbocycles. The van der Waals surface area contributed by atoms with E-state index in [1.165, 1.54) is 0 Å². The maximum atomic E-state index is 12.4. The first-order valence-corrected chi connectivity index (χ1v) is 3.29. The van der Waals surface area contributed by atoms with Crippen LogP contribution in [0, 0.1) is 5.82 Å². The molecule has 1 aromatic rings. The topological polar surface area (TPSA) is 39.2 Å². The zero-order chi connectivity index (χ0) is 10.8. The van der Waals surface area contributed by atoms with Crippen LogP contribution >= 0.6 is 0 Å². The molecule has 0 fully saturated rings. The Kier molecular flexibility index (Phi) is 2.68. The van der Waals surface area contributed by atoms with Gasteiger partial charge in [-0.05, 0) is 6.07 Å². The number of hydrogen-bond donors (Lipinski definition) is 0. The highest BCUT2D eigenvalue weighted by Gasteiger charge is 2.32. The van der Waals surface area contributed by atoms with Crippen LogP contribution in [0.2, 0.25) is 0 Å². The highest BCUT2D eigenvalue weighted by atomic mass is 19.4. The van der Waals surface area contributed by atoms with E-state index in [4.69, 9.17) is 0 Å². The van der Waals surface area contributed by atoms with E-state index >= 15 is 0 Å². The molecule has 14 heavy (non-hydrogen) atoms. The zero-order valence-corrected chi connectivity index (χ0v) is 6.51. The fourth-order valence-corrected chi connectivity index (χ4v) is 0.722. The second-order valence-corrected chi connectivity index (χ2v) is 2.21. The normalized spacial score (nSPS) is 11.1. The molecule has 7 heteroatoms. The van der Waals surface area contributed by atoms with E-state index in [9.17, 15) is 22.4 Å². The highest BCUT2D eigenvalue weighted by molar-refractivity contribution is 5.77. The summed E-state index contributed by atoms with van der Waals surface area (Å²) in [7, 11) is 0. The van der Waals surface area contributed by atoms with Crippen molar-refractivity contribution in [2.45, 2.75) is 6.36 Å². The molecular formula is C7H3F4NO2. The van der Waals surface area contributed by atoms with Crippen molar-refractivity contribution in [3.05, 3.63) is 23.6 Å². The fraction of sp³-hybridized carbons (Fsp3) is 0.143. The summed E-state index contributed by atoms with van der Waals surface area (Å²) in [6, 6.07) is 0.598. The molecule has 0 bridgehead atoms. The summed E-state index contributed by atoms with van der Waals surface area (Å²) >= 11 is 0. The summed E-state index contributed by atoms with van der Waals surface area (Å²) in [6.07, 6.45) is -4.41. The van der Waals surface area contributed by atoms with Crippen LogP contribution in [0.5, 0.6) is 5.88 Å². The van der Waals surface area contributed by atoms with Crippen LogP contribution < -0.4 is 4.74 Å². The van der Waals surface area contributed by atoms with Crippen molar-refractivity contribution in [1.29, 1.82) is 0 Å². The molecule has 1 heterocycles. The molecule has 0 unspecified atom stereocenters. The Morgan fingerprint density at radius 1 is 1.43 bits per heavy atom. The van der Waals surface area contributed by atoms with Crippen LogP contribution in [0.1, 0.15) is 10.4 Å². The number of rotatable bonds is 2. The van der Waals surface area contributed by atoms with Crippen molar-refractivity contribution in [1.82, 2.24) is 4.98 Å². The molecule has 0 saturated heterocycles. The lowest BCUT2D eigenvalue weighted by Gasteiger charge is -2.08. The summed E-state index contributed by atoms with van der Waals surface area (Å²) < 4.78 is 50.8. The van der Waals surface area contributed by atoms with Gasteiger partial charge < -0.3 is 4.74 Å². The number of nitrogens with zero attached hydrogens (tertiary/aromatic N) is 1. The molecular weight excluding hydrogens is 206 g/mol. The number of aromatic nitrogens is 1. The van der Waals surface area contributed by atoms with Crippen molar-refractivity contribution in [2.24, 2.45) is 0 Å². The van der Waals surface area contributed by atoms with Gasteiger partial charge in [-0.25, -0.2) is 9.37 Å². The third kappa shape index (κ3) is 2.68. The second-order valence-electron chi connectivity index (χ2n) is 2.21. The molecule has 0 amide bonds. The van der Waals surface area contributed by atoms with E-state index in [0.717, 1.165) is 0 Å². The molecule has 0 spiro atoms. The molecule has 0 aliphatic rings. The largest absolute Gasteiger partial charge is 0.574 e. The number of ether oxygens (including phenoxy) is 1. The molecule has 1 aromatic heterocycles. The predicted molar refractivity (Wildman–Crippen MR) is 36.3 cm³/mol. The number of hydrogen-bond acceptors (Lipinski definition) is 3. The first-order valence-electron chi connectivity index (χ1n) is 3.29. The molecule has 0 radical (unpaired) electrons. The molecule has 0 saturated carbocycles. The second kappa shape index (κ2) is 3.60. The summed E-state index contributed by atoms with van der Waals surface area (Å²) in [5.74, 6) is -1.88. The Bertz CT molecular complexity index is 350. The number of carbonyl (C=O) groups excluding carboxylic acids is 1. The molecule has 0 aromatic carbocycles. The first kappa shape index (κ1) is 10.4. The van der Waals surface area contributed by atoms with E-state index < -0.39 is 23.6 Å². The monoisotopic (exact) mass is 209 g/mol. The third-order valence-corrected chi connectivity index (χ3v) is 1.18. The quantitative estimate of drug-likeness (QED) is 0.551. The summed E-state index contributed by atoms with van der Waals surface area (Å²) in [5.41, 5.74) is -0.595. The Morgan fingerprint density at radius 3 is 2.57 bits per heavy atom. The maximum Gasteiger partial charge on any atom is 0.574 e. The van der Waals surface area contributed by atoms with E-state index in [1.807, 2.05) is 0 Å². The lowest BCUT2D eigenvalue weighted by atomic mass is 10.3. The fourth-order valence-electron chi connectivity index (χ4n) is 0.722. The van der Waals surface area contributed by atoms with Crippen LogP contribution in [-0.2, 0) is 0 Å². The van der Waals surface area contributed by atoms with Gasteiger partial charge in [0.25, 0.3) is 0 Å². The van der Waals surface area contributed by atoms with Gasteiger partial charge in [-0.15, -0.1) is 13.2 Å². The Labute approximate surface area is 75.3 Å². The Hall–Kier alpha value is -1.66. The van der Waals surface area contributed by atoms with E-state index in [2.05, 4.69) is 9.72 Å². The van der Waals surface area contributed by atoms with Crippen molar-refractivity contribution >= 4 is 6.29 Å². The smallest absolute Gasteiger partial charge is 0.387 e. The molecule has 76 valence electrons. The van der Waals surface area contributed by atoms with Crippen LogP contribution in [0.15, 0.2) is 12.3 Å². The summed E-state index contributed by atoms with van der Waals surface area (Å²) in [4.78, 5) is 13.2. The number of halogens is 4. The molecule has 0 N–H and O–H groups in total. The van der Waals surface area contributed by atoms with Crippen LogP contribution in [0.3, 0.4) is 0 Å². The summed E-state index contributed by atoms with van der Waals surface area (Å²) in [6.45, 7) is 0. The Balaban J connectivity index is 3.03. The molecule has 0 aliphatic heterocycles. The van der Waals surface area contributed by atoms with Gasteiger partial charge in [-0.3, -0.25) is 4.79 Å². The van der Waals surface area contributed by atoms with Crippen LogP contribution in [0.25, 0.3) is 0 Å². The lowest BCUT2D eigenvalue weighted by molar-refractivity contribution is -0.276. The molecule has 1 rings (SSSR count). The maximum absolute atomic E-state index is 12.4. The lowest BCUT2D eigenvalue weighted by Crippen LogP contribution is -2.19. The first-order chi connectivity index (χ1) is 6.42. The average Bonchev–Trinajstić information content (AvgIpc) is 2.06. The highest BCUT2D eigenvalue weighted by Crippen LogP contribution is 2.23. The van der Waals surface area contributed by atoms with Gasteiger partial charge >= 0.3 is 6.36 Å². The van der Waals surface area contributed by atoms with Crippen molar-refractivity contribution in [3.8, 4) is 5.88 Å². The standard InChI is InChI=1S/C7H3F4NO2/c8-5-1-4(3-13)6(12-2-5)14-7(9,10)11/h1-3H. The average molecular weight is 209 g/mol. The van der Waals surface area contributed by atoms with Gasteiger partial charge in [0.1, 0.15) is 5.82 Å².